The average Bonchev–Trinajstić information content (AvgIpc) is 1.68. The van der Waals surface area contributed by atoms with E-state index in [2.05, 4.69) is 0 Å². The maximum Gasteiger partial charge on any atom is 0.211 e. The quantitative estimate of drug-likeness (QED) is 0.530. The Morgan fingerprint density at radius 3 is 2.75 bits per heavy atom. The molecule has 0 spiro atoms. The molecule has 1 nitrogen and oxygen atoms in total. The lowest BCUT2D eigenvalue weighted by Gasteiger charge is -1.84. The Morgan fingerprint density at radius 2 is 2.38 bits per heavy atom. The van der Waals surface area contributed by atoms with Crippen LogP contribution in [-0.4, -0.2) is 10.9 Å². The molecule has 0 aliphatic rings. The molecule has 2 heteroatoms. The Hall–Kier alpha value is -0.240. The highest BCUT2D eigenvalue weighted by Crippen LogP contribution is 2.00. The first-order valence-corrected chi connectivity index (χ1v) is 3.59. The molecule has 0 aromatic heterocycles. The van der Waals surface area contributed by atoms with E-state index in [4.69, 9.17) is 0 Å². The van der Waals surface area contributed by atoms with Crippen LogP contribution < -0.4 is 0 Å². The summed E-state index contributed by atoms with van der Waals surface area (Å²) >= 11 is 1.33. The van der Waals surface area contributed by atoms with Crippen molar-refractivity contribution in [3.05, 3.63) is 12.2 Å². The predicted molar refractivity (Wildman–Crippen MR) is 38.0 cm³/mol. The molecule has 8 heavy (non-hydrogen) atoms. The number of rotatable bonds is 2. The Balaban J connectivity index is 3.33. The van der Waals surface area contributed by atoms with Crippen LogP contribution in [0.25, 0.3) is 0 Å². The summed E-state index contributed by atoms with van der Waals surface area (Å²) in [5.41, 5.74) is 0. The van der Waals surface area contributed by atoms with Crippen LogP contribution in [0.5, 0.6) is 0 Å². The van der Waals surface area contributed by atoms with E-state index >= 15 is 0 Å². The highest BCUT2D eigenvalue weighted by molar-refractivity contribution is 8.14. The third-order valence-corrected chi connectivity index (χ3v) is 1.30. The molecule has 0 amide bonds. The molecule has 0 aliphatic carbocycles. The van der Waals surface area contributed by atoms with Crippen LogP contribution in [0.15, 0.2) is 12.2 Å². The van der Waals surface area contributed by atoms with Gasteiger partial charge in [-0.1, -0.05) is 24.8 Å². The summed E-state index contributed by atoms with van der Waals surface area (Å²) in [6, 6.07) is 0. The van der Waals surface area contributed by atoms with E-state index in [0.717, 1.165) is 5.75 Å². The van der Waals surface area contributed by atoms with Crippen LogP contribution in [0, 0.1) is 0 Å². The average molecular weight is 130 g/mol. The summed E-state index contributed by atoms with van der Waals surface area (Å²) < 4.78 is 0. The molecule has 0 aliphatic heterocycles. The molecule has 0 aromatic carbocycles. The number of carbonyl (C=O) groups is 1. The fraction of sp³-hybridized carbons (Fsp3) is 0.500. The van der Waals surface area contributed by atoms with E-state index in [1.165, 1.54) is 11.8 Å². The maximum atomic E-state index is 10.5. The largest absolute Gasteiger partial charge is 0.282 e. The number of allylic oxidation sites excluding steroid dienone is 1. The first-order valence-electron chi connectivity index (χ1n) is 2.60. The van der Waals surface area contributed by atoms with E-state index in [0.29, 0.717) is 0 Å². The van der Waals surface area contributed by atoms with E-state index in [9.17, 15) is 4.79 Å². The van der Waals surface area contributed by atoms with Gasteiger partial charge in [-0.3, -0.25) is 4.79 Å². The van der Waals surface area contributed by atoms with Crippen molar-refractivity contribution < 1.29 is 4.79 Å². The summed E-state index contributed by atoms with van der Waals surface area (Å²) in [4.78, 5) is 10.5. The number of thioether (sulfide) groups is 1. The molecule has 0 radical (unpaired) electrons. The first kappa shape index (κ1) is 7.76. The molecule has 0 unspecified atom stereocenters. The second-order valence-electron chi connectivity index (χ2n) is 1.25. The minimum absolute atomic E-state index is 0.148. The molecule has 0 atom stereocenters. The second kappa shape index (κ2) is 4.91. The predicted octanol–water partition coefficient (Wildman–Crippen LogP) is 1.84. The molecule has 46 valence electrons. The summed E-state index contributed by atoms with van der Waals surface area (Å²) in [6.07, 6.45) is 3.33. The zero-order valence-corrected chi connectivity index (χ0v) is 5.99. The zero-order valence-electron chi connectivity index (χ0n) is 5.18. The molecule has 0 saturated heterocycles. The summed E-state index contributed by atoms with van der Waals surface area (Å²) in [6.45, 7) is 3.81. The van der Waals surface area contributed by atoms with Crippen LogP contribution in [0.1, 0.15) is 13.8 Å². The van der Waals surface area contributed by atoms with Crippen molar-refractivity contribution in [2.75, 3.05) is 5.75 Å². The lowest BCUT2D eigenvalue weighted by atomic mass is 10.6. The van der Waals surface area contributed by atoms with Crippen LogP contribution in [0.3, 0.4) is 0 Å². The van der Waals surface area contributed by atoms with Gasteiger partial charge in [0.1, 0.15) is 0 Å². The summed E-state index contributed by atoms with van der Waals surface area (Å²) in [7, 11) is 0. The topological polar surface area (TPSA) is 17.1 Å². The SMILES string of the molecule is C/C=C\C(=O)SCC. The van der Waals surface area contributed by atoms with Gasteiger partial charge in [0.15, 0.2) is 0 Å². The molecule has 0 saturated carbocycles. The standard InChI is InChI=1S/C6H10OS/c1-3-5-6(7)8-4-2/h3,5H,4H2,1-2H3/b5-3-. The van der Waals surface area contributed by atoms with Crippen LogP contribution in [0.4, 0.5) is 0 Å². The van der Waals surface area contributed by atoms with E-state index in [1.54, 1.807) is 12.2 Å². The minimum atomic E-state index is 0.148. The van der Waals surface area contributed by atoms with Crippen molar-refractivity contribution >= 4 is 16.9 Å². The third kappa shape index (κ3) is 3.93. The van der Waals surface area contributed by atoms with E-state index in [1.807, 2.05) is 13.8 Å². The van der Waals surface area contributed by atoms with Crippen molar-refractivity contribution in [2.45, 2.75) is 13.8 Å². The van der Waals surface area contributed by atoms with Crippen LogP contribution in [0.2, 0.25) is 0 Å². The molecule has 0 heterocycles. The van der Waals surface area contributed by atoms with Gasteiger partial charge >= 0.3 is 0 Å². The normalized spacial score (nSPS) is 10.2. The fourth-order valence-corrected chi connectivity index (χ4v) is 0.843. The summed E-state index contributed by atoms with van der Waals surface area (Å²) in [5.74, 6) is 0.864. The smallest absolute Gasteiger partial charge is 0.211 e. The van der Waals surface area contributed by atoms with Gasteiger partial charge < -0.3 is 0 Å². The lowest BCUT2D eigenvalue weighted by molar-refractivity contribution is -0.107. The Labute approximate surface area is 54.2 Å². The third-order valence-electron chi connectivity index (χ3n) is 0.589. The van der Waals surface area contributed by atoms with E-state index < -0.39 is 0 Å². The van der Waals surface area contributed by atoms with E-state index in [-0.39, 0.29) is 5.12 Å². The van der Waals surface area contributed by atoms with Crippen molar-refractivity contribution in [1.29, 1.82) is 0 Å². The van der Waals surface area contributed by atoms with Gasteiger partial charge in [-0.2, -0.15) is 0 Å². The Morgan fingerprint density at radius 1 is 1.75 bits per heavy atom. The van der Waals surface area contributed by atoms with Crippen LogP contribution >= 0.6 is 11.8 Å². The van der Waals surface area contributed by atoms with Gasteiger partial charge in [0, 0.05) is 0 Å². The highest BCUT2D eigenvalue weighted by atomic mass is 32.2. The van der Waals surface area contributed by atoms with Gasteiger partial charge in [0.25, 0.3) is 0 Å². The lowest BCUT2D eigenvalue weighted by Crippen LogP contribution is -1.82. The first-order chi connectivity index (χ1) is 3.81. The monoisotopic (exact) mass is 130 g/mol. The Bertz CT molecular complexity index is 96.7. The molecular weight excluding hydrogens is 120 g/mol. The number of carbonyl (C=O) groups excluding carboxylic acids is 1. The van der Waals surface area contributed by atoms with Gasteiger partial charge in [-0.05, 0) is 18.8 Å². The summed E-state index contributed by atoms with van der Waals surface area (Å²) in [5, 5.41) is 0.148. The molecule has 0 aromatic rings. The molecule has 0 bridgehead atoms. The Kier molecular flexibility index (Phi) is 4.76. The molecular formula is C6H10OS. The van der Waals surface area contributed by atoms with Crippen molar-refractivity contribution in [3.8, 4) is 0 Å². The number of hydrogen-bond acceptors (Lipinski definition) is 2. The molecule has 0 fully saturated rings. The maximum absolute atomic E-state index is 10.5. The zero-order chi connectivity index (χ0) is 6.41. The fourth-order valence-electron chi connectivity index (χ4n) is 0.326. The van der Waals surface area contributed by atoms with Gasteiger partial charge in [-0.15, -0.1) is 0 Å². The van der Waals surface area contributed by atoms with Crippen molar-refractivity contribution in [1.82, 2.24) is 0 Å². The van der Waals surface area contributed by atoms with Gasteiger partial charge in [0.05, 0.1) is 0 Å². The minimum Gasteiger partial charge on any atom is -0.282 e. The molecule has 0 rings (SSSR count). The highest BCUT2D eigenvalue weighted by Gasteiger charge is 1.89. The van der Waals surface area contributed by atoms with Gasteiger partial charge in [0.2, 0.25) is 5.12 Å². The van der Waals surface area contributed by atoms with Crippen molar-refractivity contribution in [3.63, 3.8) is 0 Å². The van der Waals surface area contributed by atoms with Gasteiger partial charge in [-0.25, -0.2) is 0 Å². The van der Waals surface area contributed by atoms with Crippen molar-refractivity contribution in [2.24, 2.45) is 0 Å². The molecule has 0 N–H and O–H groups in total. The van der Waals surface area contributed by atoms with Crippen LogP contribution in [-0.2, 0) is 4.79 Å². The second-order valence-corrected chi connectivity index (χ2v) is 2.52. The number of hydrogen-bond donors (Lipinski definition) is 0.